The van der Waals surface area contributed by atoms with Crippen LogP contribution in [0.1, 0.15) is 11.7 Å². The second-order valence-corrected chi connectivity index (χ2v) is 5.27. The highest BCUT2D eigenvalue weighted by Crippen LogP contribution is 2.42. The van der Waals surface area contributed by atoms with Gasteiger partial charge in [-0.05, 0) is 23.2 Å². The molecule has 0 radical (unpaired) electrons. The quantitative estimate of drug-likeness (QED) is 0.676. The molecule has 0 aliphatic heterocycles. The first kappa shape index (κ1) is 14.0. The third-order valence-electron chi connectivity index (χ3n) is 3.39. The second-order valence-electron chi connectivity index (χ2n) is 4.77. The van der Waals surface area contributed by atoms with Crippen molar-refractivity contribution in [2.24, 2.45) is 0 Å². The van der Waals surface area contributed by atoms with E-state index in [0.717, 1.165) is 0 Å². The minimum absolute atomic E-state index is 0.108. The number of H-pyrrole nitrogens is 1. The van der Waals surface area contributed by atoms with E-state index in [9.17, 15) is 13.9 Å². The van der Waals surface area contributed by atoms with Crippen molar-refractivity contribution in [2.45, 2.75) is 11.5 Å². The van der Waals surface area contributed by atoms with Crippen molar-refractivity contribution in [3.63, 3.8) is 0 Å². The van der Waals surface area contributed by atoms with Crippen molar-refractivity contribution in [2.75, 3.05) is 0 Å². The lowest BCUT2D eigenvalue weighted by Crippen LogP contribution is -2.19. The van der Waals surface area contributed by atoms with E-state index >= 15 is 0 Å². The van der Waals surface area contributed by atoms with Crippen molar-refractivity contribution in [3.8, 4) is 11.3 Å². The maximum atomic E-state index is 13.4. The van der Waals surface area contributed by atoms with Crippen molar-refractivity contribution in [1.82, 2.24) is 4.98 Å². The van der Waals surface area contributed by atoms with E-state index in [-0.39, 0.29) is 5.56 Å². The van der Waals surface area contributed by atoms with Gasteiger partial charge in [-0.2, -0.15) is 8.78 Å². The van der Waals surface area contributed by atoms with Gasteiger partial charge in [-0.1, -0.05) is 48.5 Å². The van der Waals surface area contributed by atoms with E-state index in [1.54, 1.807) is 48.5 Å². The van der Waals surface area contributed by atoms with Crippen LogP contribution in [-0.4, -0.2) is 15.5 Å². The molecule has 108 valence electrons. The van der Waals surface area contributed by atoms with Crippen molar-refractivity contribution in [3.05, 3.63) is 60.2 Å². The Hall–Kier alpha value is -1.91. The fourth-order valence-electron chi connectivity index (χ4n) is 2.44. The number of halogens is 3. The summed E-state index contributed by atoms with van der Waals surface area (Å²) >= 11 is 5.04. The number of fused-ring (bicyclic) bond motifs is 1. The highest BCUT2D eigenvalue weighted by atomic mass is 35.5. The molecule has 2 aromatic carbocycles. The number of hydrogen-bond donors (Lipinski definition) is 2. The predicted molar refractivity (Wildman–Crippen MR) is 79.5 cm³/mol. The Balaban J connectivity index is 2.29. The van der Waals surface area contributed by atoms with Crippen LogP contribution in [0.4, 0.5) is 8.78 Å². The van der Waals surface area contributed by atoms with Crippen molar-refractivity contribution < 1.29 is 13.9 Å². The van der Waals surface area contributed by atoms with E-state index < -0.39 is 11.5 Å². The molecule has 3 rings (SSSR count). The van der Waals surface area contributed by atoms with E-state index in [1.807, 2.05) is 6.07 Å². The van der Waals surface area contributed by atoms with Gasteiger partial charge in [-0.25, -0.2) is 0 Å². The third-order valence-corrected chi connectivity index (χ3v) is 3.60. The van der Waals surface area contributed by atoms with Crippen LogP contribution in [0.15, 0.2) is 54.6 Å². The van der Waals surface area contributed by atoms with Crippen LogP contribution in [0.5, 0.6) is 0 Å². The monoisotopic (exact) mass is 307 g/mol. The number of hydrogen-bond acceptors (Lipinski definition) is 1. The minimum atomic E-state index is -3.74. The molecule has 2 nitrogen and oxygen atoms in total. The fraction of sp³-hybridized carbons (Fsp3) is 0.125. The van der Waals surface area contributed by atoms with Gasteiger partial charge in [0.25, 0.3) is 0 Å². The number of rotatable bonds is 3. The van der Waals surface area contributed by atoms with E-state index in [4.69, 9.17) is 11.6 Å². The molecular weight excluding hydrogens is 296 g/mol. The Labute approximate surface area is 125 Å². The largest absolute Gasteiger partial charge is 0.381 e. The molecule has 1 atom stereocenters. The van der Waals surface area contributed by atoms with E-state index in [1.165, 1.54) is 0 Å². The van der Waals surface area contributed by atoms with Crippen LogP contribution >= 0.6 is 11.6 Å². The van der Waals surface area contributed by atoms with Gasteiger partial charge in [0.05, 0.1) is 5.69 Å². The van der Waals surface area contributed by atoms with Gasteiger partial charge in [0.1, 0.15) is 0 Å². The lowest BCUT2D eigenvalue weighted by atomic mass is 10.0. The number of aromatic amines is 1. The van der Waals surface area contributed by atoms with Gasteiger partial charge < -0.3 is 10.1 Å². The summed E-state index contributed by atoms with van der Waals surface area (Å²) in [5.74, 6) is 0. The Morgan fingerprint density at radius 3 is 2.29 bits per heavy atom. The summed E-state index contributed by atoms with van der Waals surface area (Å²) in [6.07, 6.45) is -2.09. The molecule has 0 aliphatic carbocycles. The molecule has 0 amide bonds. The highest BCUT2D eigenvalue weighted by molar-refractivity contribution is 6.22. The third kappa shape index (κ3) is 2.52. The van der Waals surface area contributed by atoms with Crippen LogP contribution in [0.2, 0.25) is 0 Å². The summed E-state index contributed by atoms with van der Waals surface area (Å²) in [5, 5.41) is 6.77. The number of alkyl halides is 3. The summed E-state index contributed by atoms with van der Waals surface area (Å²) < 4.78 is 26.8. The Bertz CT molecular complexity index is 765. The summed E-state index contributed by atoms with van der Waals surface area (Å²) in [4.78, 5) is 3.08. The van der Waals surface area contributed by atoms with Crippen LogP contribution < -0.4 is 0 Å². The van der Waals surface area contributed by atoms with Gasteiger partial charge in [-0.15, -0.1) is 0 Å². The van der Waals surface area contributed by atoms with E-state index in [0.29, 0.717) is 22.2 Å². The molecule has 1 unspecified atom stereocenters. The maximum Gasteiger partial charge on any atom is 0.351 e. The fourth-order valence-corrected chi connectivity index (χ4v) is 2.55. The number of aliphatic hydroxyl groups is 1. The number of nitrogens with one attached hydrogen (secondary N) is 1. The normalized spacial score (nSPS) is 13.5. The highest BCUT2D eigenvalue weighted by Gasteiger charge is 2.40. The molecule has 1 heterocycles. The van der Waals surface area contributed by atoms with Crippen molar-refractivity contribution in [1.29, 1.82) is 0 Å². The molecule has 21 heavy (non-hydrogen) atoms. The second kappa shape index (κ2) is 5.13. The summed E-state index contributed by atoms with van der Waals surface area (Å²) in [6.45, 7) is 0. The number of benzene rings is 2. The average molecular weight is 308 g/mol. The molecular formula is C16H12ClF2NO. The predicted octanol–water partition coefficient (Wildman–Crippen LogP) is 4.70. The van der Waals surface area contributed by atoms with Gasteiger partial charge in [0.15, 0.2) is 6.10 Å². The number of para-hydroxylation sites is 1. The van der Waals surface area contributed by atoms with E-state index in [2.05, 4.69) is 4.98 Å². The lowest BCUT2D eigenvalue weighted by molar-refractivity contribution is -0.0414. The maximum absolute atomic E-state index is 13.4. The zero-order valence-corrected chi connectivity index (χ0v) is 11.6. The minimum Gasteiger partial charge on any atom is -0.381 e. The summed E-state index contributed by atoms with van der Waals surface area (Å²) in [7, 11) is 0. The summed E-state index contributed by atoms with van der Waals surface area (Å²) in [5.41, 5.74) is 1.94. The molecule has 0 bridgehead atoms. The topological polar surface area (TPSA) is 36.0 Å². The van der Waals surface area contributed by atoms with Gasteiger partial charge in [-0.3, -0.25) is 0 Å². The molecule has 3 aromatic rings. The molecule has 0 spiro atoms. The first-order valence-corrected chi connectivity index (χ1v) is 6.77. The Morgan fingerprint density at radius 1 is 1.00 bits per heavy atom. The number of aliphatic hydroxyl groups excluding tert-OH is 1. The molecule has 0 fully saturated rings. The SMILES string of the molecule is OC(c1c(-c2ccccc2)[nH]c2ccccc12)C(F)(F)Cl. The average Bonchev–Trinajstić information content (AvgIpc) is 2.85. The molecule has 0 saturated carbocycles. The van der Waals surface area contributed by atoms with Crippen LogP contribution in [0.25, 0.3) is 22.2 Å². The first-order chi connectivity index (χ1) is 9.98. The number of aromatic nitrogens is 1. The standard InChI is InChI=1S/C16H12ClF2NO/c17-16(18,19)15(21)13-11-8-4-5-9-12(11)20-14(13)10-6-2-1-3-7-10/h1-9,15,20-21H. The van der Waals surface area contributed by atoms with Gasteiger partial charge in [0.2, 0.25) is 0 Å². The summed E-state index contributed by atoms with van der Waals surface area (Å²) in [6, 6.07) is 16.0. The zero-order chi connectivity index (χ0) is 15.0. The zero-order valence-electron chi connectivity index (χ0n) is 10.9. The molecule has 0 aliphatic rings. The molecule has 5 heteroatoms. The van der Waals surface area contributed by atoms with Crippen LogP contribution in [0.3, 0.4) is 0 Å². The molecule has 2 N–H and O–H groups in total. The molecule has 1 aromatic heterocycles. The first-order valence-electron chi connectivity index (χ1n) is 6.39. The smallest absolute Gasteiger partial charge is 0.351 e. The van der Waals surface area contributed by atoms with Gasteiger partial charge in [0, 0.05) is 16.5 Å². The van der Waals surface area contributed by atoms with Crippen molar-refractivity contribution >= 4 is 22.5 Å². The lowest BCUT2D eigenvalue weighted by Gasteiger charge is -2.17. The molecule has 0 saturated heterocycles. The van der Waals surface area contributed by atoms with Gasteiger partial charge >= 0.3 is 5.38 Å². The Morgan fingerprint density at radius 2 is 1.62 bits per heavy atom. The van der Waals surface area contributed by atoms with Crippen LogP contribution in [-0.2, 0) is 0 Å². The Kier molecular flexibility index (Phi) is 3.43. The van der Waals surface area contributed by atoms with Crippen LogP contribution in [0, 0.1) is 0 Å².